The molecule has 0 bridgehead atoms. The fourth-order valence-corrected chi connectivity index (χ4v) is 4.14. The maximum atomic E-state index is 13.5. The number of halogens is 2. The van der Waals surface area contributed by atoms with Crippen molar-refractivity contribution in [2.75, 3.05) is 33.4 Å². The van der Waals surface area contributed by atoms with Crippen LogP contribution >= 0.6 is 0 Å². The molecule has 6 heteroatoms. The van der Waals surface area contributed by atoms with E-state index in [4.69, 9.17) is 9.47 Å². The molecule has 2 aliphatic heterocycles. The number of nitrogens with zero attached hydrogens (tertiary/aromatic N) is 1. The number of methoxy groups -OCH3 is 1. The molecule has 4 nitrogen and oxygen atoms in total. The third kappa shape index (κ3) is 3.55. The van der Waals surface area contributed by atoms with Gasteiger partial charge in [-0.1, -0.05) is 0 Å². The van der Waals surface area contributed by atoms with Crippen molar-refractivity contribution in [2.45, 2.75) is 38.2 Å². The number of carbonyl (C=O) groups is 1. The van der Waals surface area contributed by atoms with Crippen LogP contribution in [0.5, 0.6) is 0 Å². The smallest absolute Gasteiger partial charge is 0.254 e. The summed E-state index contributed by atoms with van der Waals surface area (Å²) in [6, 6.07) is 2.08. The minimum absolute atomic E-state index is 0.168. The molecule has 2 heterocycles. The standard InChI is InChI=1S/C19H25F2NO3/c1-13-11-16(20)17(21)12-15(13)18(23)22-7-5-19(6-8-22)14(3-9-24-2)4-10-25-19/h11-12,14H,3-10H2,1-2H3. The van der Waals surface area contributed by atoms with Gasteiger partial charge in [-0.2, -0.15) is 0 Å². The molecule has 0 aliphatic carbocycles. The van der Waals surface area contributed by atoms with Crippen LogP contribution in [0.3, 0.4) is 0 Å². The first-order valence-corrected chi connectivity index (χ1v) is 8.84. The first-order chi connectivity index (χ1) is 12.0. The maximum Gasteiger partial charge on any atom is 0.254 e. The second-order valence-electron chi connectivity index (χ2n) is 7.05. The Balaban J connectivity index is 1.68. The number of piperidine rings is 1. The summed E-state index contributed by atoms with van der Waals surface area (Å²) in [5, 5.41) is 0. The molecule has 1 atom stereocenters. The van der Waals surface area contributed by atoms with Gasteiger partial charge in [0.1, 0.15) is 0 Å². The number of amides is 1. The lowest BCUT2D eigenvalue weighted by Gasteiger charge is -2.42. The molecule has 1 aromatic carbocycles. The second-order valence-corrected chi connectivity index (χ2v) is 7.05. The highest BCUT2D eigenvalue weighted by Gasteiger charge is 2.46. The van der Waals surface area contributed by atoms with Gasteiger partial charge >= 0.3 is 0 Å². The molecule has 2 fully saturated rings. The van der Waals surface area contributed by atoms with Crippen molar-refractivity contribution in [3.8, 4) is 0 Å². The van der Waals surface area contributed by atoms with Crippen LogP contribution in [0.25, 0.3) is 0 Å². The van der Waals surface area contributed by atoms with Crippen LogP contribution in [0.1, 0.15) is 41.6 Å². The van der Waals surface area contributed by atoms with Crippen LogP contribution < -0.4 is 0 Å². The lowest BCUT2D eigenvalue weighted by molar-refractivity contribution is -0.0661. The van der Waals surface area contributed by atoms with E-state index in [9.17, 15) is 13.6 Å². The first-order valence-electron chi connectivity index (χ1n) is 8.84. The summed E-state index contributed by atoms with van der Waals surface area (Å²) < 4.78 is 38.1. The molecule has 138 valence electrons. The summed E-state index contributed by atoms with van der Waals surface area (Å²) in [7, 11) is 1.70. The number of likely N-dealkylation sites (tertiary alicyclic amines) is 1. The SMILES string of the molecule is COCCC1CCOC12CCN(C(=O)c1cc(F)c(F)cc1C)CC2. The molecule has 0 saturated carbocycles. The van der Waals surface area contributed by atoms with Crippen LogP contribution in [-0.2, 0) is 9.47 Å². The van der Waals surface area contributed by atoms with Gasteiger partial charge in [0, 0.05) is 39.0 Å². The molecule has 0 N–H and O–H groups in total. The average molecular weight is 353 g/mol. The van der Waals surface area contributed by atoms with E-state index in [1.54, 1.807) is 18.9 Å². The Morgan fingerprint density at radius 3 is 2.68 bits per heavy atom. The largest absolute Gasteiger partial charge is 0.385 e. The van der Waals surface area contributed by atoms with Crippen molar-refractivity contribution in [1.82, 2.24) is 4.90 Å². The van der Waals surface area contributed by atoms with Gasteiger partial charge in [-0.3, -0.25) is 4.79 Å². The molecular formula is C19H25F2NO3. The van der Waals surface area contributed by atoms with Crippen molar-refractivity contribution >= 4 is 5.91 Å². The summed E-state index contributed by atoms with van der Waals surface area (Å²) >= 11 is 0. The molecule has 0 aromatic heterocycles. The third-order valence-electron chi connectivity index (χ3n) is 5.66. The van der Waals surface area contributed by atoms with Gasteiger partial charge < -0.3 is 14.4 Å². The Bertz CT molecular complexity index is 642. The molecule has 25 heavy (non-hydrogen) atoms. The van der Waals surface area contributed by atoms with Crippen molar-refractivity contribution < 1.29 is 23.0 Å². The summed E-state index contributed by atoms with van der Waals surface area (Å²) in [4.78, 5) is 14.4. The zero-order valence-electron chi connectivity index (χ0n) is 14.8. The van der Waals surface area contributed by atoms with Crippen LogP contribution in [0.2, 0.25) is 0 Å². The Hall–Kier alpha value is -1.53. The number of carbonyl (C=O) groups excluding carboxylic acids is 1. The average Bonchev–Trinajstić information content (AvgIpc) is 2.98. The molecule has 2 saturated heterocycles. The highest BCUT2D eigenvalue weighted by molar-refractivity contribution is 5.95. The fraction of sp³-hybridized carbons (Fsp3) is 0.632. The predicted octanol–water partition coefficient (Wildman–Crippen LogP) is 3.32. The van der Waals surface area contributed by atoms with Crippen LogP contribution in [0.15, 0.2) is 12.1 Å². The number of hydrogen-bond acceptors (Lipinski definition) is 3. The van der Waals surface area contributed by atoms with Gasteiger partial charge in [0.2, 0.25) is 0 Å². The van der Waals surface area contributed by atoms with Gasteiger partial charge in [-0.05, 0) is 56.2 Å². The van der Waals surface area contributed by atoms with E-state index < -0.39 is 11.6 Å². The second kappa shape index (κ2) is 7.38. The van der Waals surface area contributed by atoms with E-state index in [1.807, 2.05) is 0 Å². The summed E-state index contributed by atoms with van der Waals surface area (Å²) in [6.07, 6.45) is 3.54. The van der Waals surface area contributed by atoms with Crippen molar-refractivity contribution in [3.63, 3.8) is 0 Å². The fourth-order valence-electron chi connectivity index (χ4n) is 4.14. The Morgan fingerprint density at radius 2 is 2.00 bits per heavy atom. The monoisotopic (exact) mass is 353 g/mol. The molecular weight excluding hydrogens is 328 g/mol. The van der Waals surface area contributed by atoms with E-state index in [0.717, 1.165) is 44.4 Å². The molecule has 0 radical (unpaired) electrons. The van der Waals surface area contributed by atoms with Crippen molar-refractivity contribution in [2.24, 2.45) is 5.92 Å². The number of hydrogen-bond donors (Lipinski definition) is 0. The highest BCUT2D eigenvalue weighted by Crippen LogP contribution is 2.42. The zero-order valence-corrected chi connectivity index (χ0v) is 14.8. The molecule has 3 rings (SSSR count). The van der Waals surface area contributed by atoms with Crippen LogP contribution in [0, 0.1) is 24.5 Å². The van der Waals surface area contributed by atoms with Gasteiger partial charge in [0.25, 0.3) is 5.91 Å². The van der Waals surface area contributed by atoms with Gasteiger partial charge in [0.15, 0.2) is 11.6 Å². The molecule has 1 amide bonds. The van der Waals surface area contributed by atoms with Gasteiger partial charge in [-0.15, -0.1) is 0 Å². The highest BCUT2D eigenvalue weighted by atomic mass is 19.2. The van der Waals surface area contributed by atoms with E-state index in [-0.39, 0.29) is 17.1 Å². The normalized spacial score (nSPS) is 22.6. The Kier molecular flexibility index (Phi) is 5.39. The number of rotatable bonds is 4. The van der Waals surface area contributed by atoms with Crippen LogP contribution in [0.4, 0.5) is 8.78 Å². The maximum absolute atomic E-state index is 13.5. The predicted molar refractivity (Wildman–Crippen MR) is 89.5 cm³/mol. The summed E-state index contributed by atoms with van der Waals surface area (Å²) in [5.74, 6) is -1.69. The van der Waals surface area contributed by atoms with Gasteiger partial charge in [0.05, 0.1) is 5.60 Å². The minimum Gasteiger partial charge on any atom is -0.385 e. The van der Waals surface area contributed by atoms with Gasteiger partial charge in [-0.25, -0.2) is 8.78 Å². The van der Waals surface area contributed by atoms with E-state index >= 15 is 0 Å². The van der Waals surface area contributed by atoms with E-state index in [2.05, 4.69) is 0 Å². The lowest BCUT2D eigenvalue weighted by Crippen LogP contribution is -2.49. The first kappa shape index (κ1) is 18.3. The number of aryl methyl sites for hydroxylation is 1. The van der Waals surface area contributed by atoms with Crippen LogP contribution in [-0.4, -0.2) is 49.8 Å². The zero-order chi connectivity index (χ0) is 18.0. The van der Waals surface area contributed by atoms with E-state index in [0.29, 0.717) is 31.2 Å². The Morgan fingerprint density at radius 1 is 1.32 bits per heavy atom. The molecule has 1 aromatic rings. The van der Waals surface area contributed by atoms with E-state index in [1.165, 1.54) is 0 Å². The number of benzene rings is 1. The Labute approximate surface area is 147 Å². The topological polar surface area (TPSA) is 38.8 Å². The summed E-state index contributed by atoms with van der Waals surface area (Å²) in [6.45, 7) is 4.24. The van der Waals surface area contributed by atoms with Crippen molar-refractivity contribution in [3.05, 3.63) is 34.9 Å². The third-order valence-corrected chi connectivity index (χ3v) is 5.66. The number of ether oxygens (including phenoxy) is 2. The van der Waals surface area contributed by atoms with Crippen molar-refractivity contribution in [1.29, 1.82) is 0 Å². The molecule has 1 unspecified atom stereocenters. The minimum atomic E-state index is -0.985. The lowest BCUT2D eigenvalue weighted by atomic mass is 9.78. The summed E-state index contributed by atoms with van der Waals surface area (Å²) in [5.41, 5.74) is 0.524. The quantitative estimate of drug-likeness (QED) is 0.834. The molecule has 1 spiro atoms. The molecule has 2 aliphatic rings.